The van der Waals surface area contributed by atoms with Crippen LogP contribution in [0, 0.1) is 11.6 Å². The van der Waals surface area contributed by atoms with Crippen molar-refractivity contribution in [2.75, 3.05) is 4.90 Å². The van der Waals surface area contributed by atoms with Crippen molar-refractivity contribution >= 4 is 11.6 Å². The normalized spacial score (nSPS) is 17.4. The molecular formula is C15H12F2N2O. The Hall–Kier alpha value is -2.27. The topological polar surface area (TPSA) is 46.3 Å². The quantitative estimate of drug-likeness (QED) is 0.914. The van der Waals surface area contributed by atoms with Crippen molar-refractivity contribution in [2.24, 2.45) is 5.73 Å². The van der Waals surface area contributed by atoms with Gasteiger partial charge in [-0.05, 0) is 35.9 Å². The SMILES string of the molecule is N[C@H]1C(=O)N(Cc2ccc(F)cc2)c2ccc(F)cc21. The molecule has 1 heterocycles. The Kier molecular flexibility index (Phi) is 2.99. The maximum Gasteiger partial charge on any atom is 0.248 e. The summed E-state index contributed by atoms with van der Waals surface area (Å²) >= 11 is 0. The lowest BCUT2D eigenvalue weighted by Crippen LogP contribution is -2.31. The number of halogens is 2. The van der Waals surface area contributed by atoms with Crippen LogP contribution in [-0.4, -0.2) is 5.91 Å². The van der Waals surface area contributed by atoms with Crippen LogP contribution in [0.3, 0.4) is 0 Å². The van der Waals surface area contributed by atoms with Crippen LogP contribution in [0.5, 0.6) is 0 Å². The van der Waals surface area contributed by atoms with Crippen molar-refractivity contribution in [3.63, 3.8) is 0 Å². The van der Waals surface area contributed by atoms with Crippen molar-refractivity contribution in [3.05, 3.63) is 65.2 Å². The van der Waals surface area contributed by atoms with E-state index in [-0.39, 0.29) is 18.3 Å². The molecular weight excluding hydrogens is 262 g/mol. The van der Waals surface area contributed by atoms with Gasteiger partial charge in [0, 0.05) is 11.3 Å². The van der Waals surface area contributed by atoms with E-state index in [9.17, 15) is 13.6 Å². The molecule has 0 saturated heterocycles. The van der Waals surface area contributed by atoms with Gasteiger partial charge in [0.25, 0.3) is 0 Å². The van der Waals surface area contributed by atoms with Gasteiger partial charge in [0.1, 0.15) is 17.7 Å². The van der Waals surface area contributed by atoms with E-state index in [0.29, 0.717) is 11.3 Å². The smallest absolute Gasteiger partial charge is 0.248 e. The lowest BCUT2D eigenvalue weighted by atomic mass is 10.1. The second kappa shape index (κ2) is 4.68. The average molecular weight is 274 g/mol. The standard InChI is InChI=1S/C15H12F2N2O/c16-10-3-1-9(2-4-10)8-19-13-6-5-11(17)7-12(13)14(18)15(19)20/h1-7,14H,8,18H2/t14-/m1/s1. The molecule has 1 aliphatic rings. The Morgan fingerprint density at radius 3 is 2.40 bits per heavy atom. The van der Waals surface area contributed by atoms with Crippen molar-refractivity contribution < 1.29 is 13.6 Å². The number of nitrogens with zero attached hydrogens (tertiary/aromatic N) is 1. The first-order valence-electron chi connectivity index (χ1n) is 6.17. The Labute approximate surface area is 114 Å². The van der Waals surface area contributed by atoms with Crippen molar-refractivity contribution in [1.82, 2.24) is 0 Å². The van der Waals surface area contributed by atoms with Gasteiger partial charge in [0.15, 0.2) is 0 Å². The van der Waals surface area contributed by atoms with E-state index >= 15 is 0 Å². The van der Waals surface area contributed by atoms with Gasteiger partial charge in [-0.15, -0.1) is 0 Å². The van der Waals surface area contributed by atoms with Gasteiger partial charge in [0.2, 0.25) is 5.91 Å². The molecule has 5 heteroatoms. The van der Waals surface area contributed by atoms with Crippen LogP contribution in [-0.2, 0) is 11.3 Å². The fourth-order valence-corrected chi connectivity index (χ4v) is 2.38. The number of nitrogens with two attached hydrogens (primary N) is 1. The molecule has 0 saturated carbocycles. The van der Waals surface area contributed by atoms with Crippen LogP contribution < -0.4 is 10.6 Å². The monoisotopic (exact) mass is 274 g/mol. The molecule has 0 spiro atoms. The minimum atomic E-state index is -0.846. The summed E-state index contributed by atoms with van der Waals surface area (Å²) in [6.07, 6.45) is 0. The lowest BCUT2D eigenvalue weighted by molar-refractivity contribution is -0.119. The first-order chi connectivity index (χ1) is 9.56. The van der Waals surface area contributed by atoms with E-state index in [2.05, 4.69) is 0 Å². The van der Waals surface area contributed by atoms with Gasteiger partial charge in [-0.1, -0.05) is 12.1 Å². The molecule has 0 fully saturated rings. The molecule has 1 aliphatic heterocycles. The zero-order valence-corrected chi connectivity index (χ0v) is 10.5. The molecule has 20 heavy (non-hydrogen) atoms. The van der Waals surface area contributed by atoms with Gasteiger partial charge in [0.05, 0.1) is 6.54 Å². The predicted octanol–water partition coefficient (Wildman–Crippen LogP) is 2.51. The van der Waals surface area contributed by atoms with Crippen LogP contribution in [0.4, 0.5) is 14.5 Å². The number of amides is 1. The highest BCUT2D eigenvalue weighted by atomic mass is 19.1. The zero-order valence-electron chi connectivity index (χ0n) is 10.5. The minimum Gasteiger partial charge on any atom is -0.316 e. The number of carbonyl (C=O) groups is 1. The van der Waals surface area contributed by atoms with Gasteiger partial charge >= 0.3 is 0 Å². The second-order valence-electron chi connectivity index (χ2n) is 4.73. The van der Waals surface area contributed by atoms with Crippen LogP contribution >= 0.6 is 0 Å². The van der Waals surface area contributed by atoms with E-state index in [0.717, 1.165) is 5.56 Å². The predicted molar refractivity (Wildman–Crippen MR) is 70.9 cm³/mol. The van der Waals surface area contributed by atoms with E-state index in [1.54, 1.807) is 18.2 Å². The molecule has 3 rings (SSSR count). The number of hydrogen-bond donors (Lipinski definition) is 1. The highest BCUT2D eigenvalue weighted by Gasteiger charge is 2.34. The Morgan fingerprint density at radius 1 is 1.05 bits per heavy atom. The maximum atomic E-state index is 13.2. The number of anilines is 1. The first-order valence-corrected chi connectivity index (χ1v) is 6.17. The minimum absolute atomic E-state index is 0.282. The molecule has 1 atom stereocenters. The van der Waals surface area contributed by atoms with Gasteiger partial charge in [-0.2, -0.15) is 0 Å². The summed E-state index contributed by atoms with van der Waals surface area (Å²) in [5, 5.41) is 0. The maximum absolute atomic E-state index is 13.2. The third kappa shape index (κ3) is 2.06. The lowest BCUT2D eigenvalue weighted by Gasteiger charge is -2.17. The molecule has 3 nitrogen and oxygen atoms in total. The Morgan fingerprint density at radius 2 is 1.70 bits per heavy atom. The van der Waals surface area contributed by atoms with Crippen LogP contribution in [0.25, 0.3) is 0 Å². The molecule has 2 aromatic rings. The summed E-state index contributed by atoms with van der Waals surface area (Å²) in [7, 11) is 0. The molecule has 102 valence electrons. The molecule has 0 unspecified atom stereocenters. The Balaban J connectivity index is 1.95. The molecule has 2 aromatic carbocycles. The average Bonchev–Trinajstić information content (AvgIpc) is 2.66. The Bertz CT molecular complexity index is 670. The van der Waals surface area contributed by atoms with Crippen LogP contribution in [0.1, 0.15) is 17.2 Å². The van der Waals surface area contributed by atoms with Crippen molar-refractivity contribution in [1.29, 1.82) is 0 Å². The molecule has 0 aromatic heterocycles. The second-order valence-corrected chi connectivity index (χ2v) is 4.73. The molecule has 2 N–H and O–H groups in total. The number of hydrogen-bond acceptors (Lipinski definition) is 2. The van der Waals surface area contributed by atoms with Gasteiger partial charge < -0.3 is 10.6 Å². The largest absolute Gasteiger partial charge is 0.316 e. The number of fused-ring (bicyclic) bond motifs is 1. The van der Waals surface area contributed by atoms with Gasteiger partial charge in [-0.25, -0.2) is 8.78 Å². The van der Waals surface area contributed by atoms with Crippen LogP contribution in [0.2, 0.25) is 0 Å². The van der Waals surface area contributed by atoms with Gasteiger partial charge in [-0.3, -0.25) is 4.79 Å². The molecule has 0 radical (unpaired) electrons. The molecule has 0 bridgehead atoms. The summed E-state index contributed by atoms with van der Waals surface area (Å²) in [4.78, 5) is 13.6. The summed E-state index contributed by atoms with van der Waals surface area (Å²) in [5.74, 6) is -1.04. The number of rotatable bonds is 2. The summed E-state index contributed by atoms with van der Waals surface area (Å²) in [5.41, 5.74) is 7.68. The van der Waals surface area contributed by atoms with E-state index in [1.165, 1.54) is 29.2 Å². The van der Waals surface area contributed by atoms with Crippen LogP contribution in [0.15, 0.2) is 42.5 Å². The highest BCUT2D eigenvalue weighted by molar-refractivity contribution is 6.04. The summed E-state index contributed by atoms with van der Waals surface area (Å²) < 4.78 is 26.1. The number of benzene rings is 2. The number of carbonyl (C=O) groups excluding carboxylic acids is 1. The zero-order chi connectivity index (χ0) is 14.3. The van der Waals surface area contributed by atoms with E-state index in [1.807, 2.05) is 0 Å². The summed E-state index contributed by atoms with van der Waals surface area (Å²) in [6.45, 7) is 0.283. The third-order valence-electron chi connectivity index (χ3n) is 3.40. The first kappa shape index (κ1) is 12.7. The summed E-state index contributed by atoms with van der Waals surface area (Å²) in [6, 6.07) is 9.15. The third-order valence-corrected chi connectivity index (χ3v) is 3.40. The van der Waals surface area contributed by atoms with E-state index < -0.39 is 11.9 Å². The fourth-order valence-electron chi connectivity index (χ4n) is 2.38. The van der Waals surface area contributed by atoms with Crippen molar-refractivity contribution in [2.45, 2.75) is 12.6 Å². The fraction of sp³-hybridized carbons (Fsp3) is 0.133. The van der Waals surface area contributed by atoms with E-state index in [4.69, 9.17) is 5.73 Å². The highest BCUT2D eigenvalue weighted by Crippen LogP contribution is 2.35. The molecule has 1 amide bonds. The van der Waals surface area contributed by atoms with Crippen molar-refractivity contribution in [3.8, 4) is 0 Å². The molecule has 0 aliphatic carbocycles.